The van der Waals surface area contributed by atoms with Crippen LogP contribution in [0.1, 0.15) is 69.5 Å². The SMILES string of the molecule is C=C/C=C\C(=C/C)c1nccn1-c1ncc2c(n1)N(C1CCCC1)[C@H](CC)c1nnc(C)n1-2. The van der Waals surface area contributed by atoms with Crippen molar-refractivity contribution in [1.29, 1.82) is 0 Å². The van der Waals surface area contributed by atoms with E-state index in [1.54, 1.807) is 12.3 Å². The summed E-state index contributed by atoms with van der Waals surface area (Å²) >= 11 is 0. The predicted octanol–water partition coefficient (Wildman–Crippen LogP) is 4.91. The van der Waals surface area contributed by atoms with Gasteiger partial charge in [0, 0.05) is 24.0 Å². The molecule has 0 amide bonds. The third-order valence-corrected chi connectivity index (χ3v) is 6.65. The molecule has 0 spiro atoms. The molecule has 0 saturated heterocycles. The van der Waals surface area contributed by atoms with Crippen molar-refractivity contribution >= 4 is 11.4 Å². The number of rotatable bonds is 6. The van der Waals surface area contributed by atoms with E-state index in [-0.39, 0.29) is 6.04 Å². The van der Waals surface area contributed by atoms with Crippen molar-refractivity contribution in [1.82, 2.24) is 34.3 Å². The van der Waals surface area contributed by atoms with Crippen LogP contribution < -0.4 is 4.90 Å². The largest absolute Gasteiger partial charge is 0.341 e. The third-order valence-electron chi connectivity index (χ3n) is 6.65. The van der Waals surface area contributed by atoms with Gasteiger partial charge in [-0.2, -0.15) is 4.98 Å². The Labute approximate surface area is 194 Å². The molecule has 0 unspecified atom stereocenters. The Balaban J connectivity index is 1.67. The first-order valence-corrected chi connectivity index (χ1v) is 11.7. The van der Waals surface area contributed by atoms with E-state index >= 15 is 0 Å². The molecule has 1 atom stereocenters. The molecule has 3 aromatic rings. The van der Waals surface area contributed by atoms with Gasteiger partial charge in [-0.15, -0.1) is 10.2 Å². The molecule has 0 bridgehead atoms. The predicted molar refractivity (Wildman–Crippen MR) is 130 cm³/mol. The minimum atomic E-state index is 0.147. The molecule has 8 nitrogen and oxygen atoms in total. The highest BCUT2D eigenvalue weighted by atomic mass is 15.4. The van der Waals surface area contributed by atoms with Gasteiger partial charge in [0.05, 0.1) is 12.2 Å². The molecular formula is C25H30N8. The van der Waals surface area contributed by atoms with Crippen molar-refractivity contribution in [2.45, 2.75) is 65.0 Å². The molecule has 4 heterocycles. The van der Waals surface area contributed by atoms with E-state index in [1.807, 2.05) is 49.0 Å². The second-order valence-corrected chi connectivity index (χ2v) is 8.55. The Bertz CT molecular complexity index is 1230. The number of nitrogens with zero attached hydrogens (tertiary/aromatic N) is 8. The van der Waals surface area contributed by atoms with E-state index in [1.165, 1.54) is 25.7 Å². The van der Waals surface area contributed by atoms with Crippen molar-refractivity contribution in [2.75, 3.05) is 4.90 Å². The molecule has 8 heteroatoms. The van der Waals surface area contributed by atoms with Gasteiger partial charge in [0.1, 0.15) is 17.3 Å². The number of allylic oxidation sites excluding steroid dienone is 5. The normalized spacial score (nSPS) is 18.7. The fourth-order valence-corrected chi connectivity index (χ4v) is 5.12. The molecule has 0 aromatic carbocycles. The van der Waals surface area contributed by atoms with Gasteiger partial charge in [0.2, 0.25) is 5.95 Å². The number of hydrogen-bond acceptors (Lipinski definition) is 6. The van der Waals surface area contributed by atoms with E-state index < -0.39 is 0 Å². The van der Waals surface area contributed by atoms with Crippen molar-refractivity contribution < 1.29 is 0 Å². The van der Waals surface area contributed by atoms with Gasteiger partial charge < -0.3 is 4.90 Å². The minimum absolute atomic E-state index is 0.147. The first-order chi connectivity index (χ1) is 16.2. The van der Waals surface area contributed by atoms with Gasteiger partial charge in [-0.25, -0.2) is 9.97 Å². The van der Waals surface area contributed by atoms with Gasteiger partial charge in [-0.05, 0) is 33.1 Å². The average molecular weight is 443 g/mol. The molecule has 2 aliphatic rings. The Morgan fingerprint density at radius 2 is 2.03 bits per heavy atom. The van der Waals surface area contributed by atoms with E-state index in [4.69, 9.17) is 9.97 Å². The van der Waals surface area contributed by atoms with E-state index in [9.17, 15) is 0 Å². The Hall–Kier alpha value is -3.55. The van der Waals surface area contributed by atoms with Crippen LogP contribution in [-0.4, -0.2) is 40.3 Å². The topological polar surface area (TPSA) is 77.6 Å². The summed E-state index contributed by atoms with van der Waals surface area (Å²) in [7, 11) is 0. The zero-order chi connectivity index (χ0) is 22.9. The lowest BCUT2D eigenvalue weighted by Gasteiger charge is -2.41. The van der Waals surface area contributed by atoms with Gasteiger partial charge in [-0.1, -0.05) is 50.6 Å². The van der Waals surface area contributed by atoms with E-state index in [0.717, 1.165) is 41.0 Å². The van der Waals surface area contributed by atoms with Gasteiger partial charge in [-0.3, -0.25) is 9.13 Å². The third kappa shape index (κ3) is 3.50. The summed E-state index contributed by atoms with van der Waals surface area (Å²) in [6.45, 7) is 9.98. The zero-order valence-electron chi connectivity index (χ0n) is 19.5. The Morgan fingerprint density at radius 1 is 1.21 bits per heavy atom. The van der Waals surface area contributed by atoms with Crippen molar-refractivity contribution in [3.63, 3.8) is 0 Å². The van der Waals surface area contributed by atoms with Crippen molar-refractivity contribution in [3.8, 4) is 11.6 Å². The van der Waals surface area contributed by atoms with Crippen LogP contribution in [0.15, 0.2) is 49.5 Å². The highest BCUT2D eigenvalue weighted by Crippen LogP contribution is 2.43. The molecule has 3 aromatic heterocycles. The number of anilines is 1. The second-order valence-electron chi connectivity index (χ2n) is 8.55. The van der Waals surface area contributed by atoms with Crippen LogP contribution >= 0.6 is 0 Å². The standard InChI is InChI=1S/C25H30N8/c1-5-8-11-18(6-2)22-26-14-15-31(22)25-27-16-21-23(28-25)33(19-12-9-10-13-19)20(7-3)24-30-29-17(4)32(21)24/h5-6,8,11,14-16,19-20H,1,7,9-10,12-13H2,2-4H3/b11-8-,18-6+/t20-/m1/s1. The van der Waals surface area contributed by atoms with Crippen LogP contribution in [0, 0.1) is 6.92 Å². The lowest BCUT2D eigenvalue weighted by molar-refractivity contribution is 0.467. The fraction of sp³-hybridized carbons (Fsp3) is 0.400. The molecule has 5 rings (SSSR count). The maximum Gasteiger partial charge on any atom is 0.237 e. The molecule has 1 fully saturated rings. The first-order valence-electron chi connectivity index (χ1n) is 11.7. The summed E-state index contributed by atoms with van der Waals surface area (Å²) in [6.07, 6.45) is 19.1. The van der Waals surface area contributed by atoms with E-state index in [0.29, 0.717) is 12.0 Å². The second kappa shape index (κ2) is 8.77. The lowest BCUT2D eigenvalue weighted by atomic mass is 10.0. The van der Waals surface area contributed by atoms with Crippen molar-refractivity contribution in [2.24, 2.45) is 0 Å². The number of hydrogen-bond donors (Lipinski definition) is 0. The fourth-order valence-electron chi connectivity index (χ4n) is 5.12. The molecular weight excluding hydrogens is 412 g/mol. The average Bonchev–Trinajstić information content (AvgIpc) is 3.60. The molecule has 1 saturated carbocycles. The molecule has 1 aliphatic carbocycles. The first kappa shape index (κ1) is 21.3. The van der Waals surface area contributed by atoms with Crippen molar-refractivity contribution in [3.05, 3.63) is 66.9 Å². The number of imidazole rings is 1. The molecule has 170 valence electrons. The summed E-state index contributed by atoms with van der Waals surface area (Å²) in [5.74, 6) is 4.21. The molecule has 0 N–H and O–H groups in total. The maximum absolute atomic E-state index is 5.15. The summed E-state index contributed by atoms with van der Waals surface area (Å²) in [5.41, 5.74) is 1.93. The highest BCUT2D eigenvalue weighted by molar-refractivity contribution is 5.71. The molecule has 0 radical (unpaired) electrons. The van der Waals surface area contributed by atoms with Crippen LogP contribution in [-0.2, 0) is 0 Å². The van der Waals surface area contributed by atoms with Crippen LogP contribution in [0.5, 0.6) is 0 Å². The van der Waals surface area contributed by atoms with Gasteiger partial charge in [0.25, 0.3) is 0 Å². The van der Waals surface area contributed by atoms with Crippen LogP contribution in [0.2, 0.25) is 0 Å². The van der Waals surface area contributed by atoms with Crippen LogP contribution in [0.25, 0.3) is 17.2 Å². The monoisotopic (exact) mass is 442 g/mol. The molecule has 1 aliphatic heterocycles. The number of aryl methyl sites for hydroxylation is 1. The van der Waals surface area contributed by atoms with Gasteiger partial charge >= 0.3 is 0 Å². The van der Waals surface area contributed by atoms with Crippen LogP contribution in [0.4, 0.5) is 5.82 Å². The maximum atomic E-state index is 5.15. The summed E-state index contributed by atoms with van der Waals surface area (Å²) in [5, 5.41) is 8.95. The van der Waals surface area contributed by atoms with Gasteiger partial charge in [0.15, 0.2) is 11.6 Å². The molecule has 33 heavy (non-hydrogen) atoms. The summed E-state index contributed by atoms with van der Waals surface area (Å²) < 4.78 is 4.07. The minimum Gasteiger partial charge on any atom is -0.341 e. The van der Waals surface area contributed by atoms with E-state index in [2.05, 4.69) is 38.2 Å². The van der Waals surface area contributed by atoms with Crippen LogP contribution in [0.3, 0.4) is 0 Å². The smallest absolute Gasteiger partial charge is 0.237 e. The summed E-state index contributed by atoms with van der Waals surface area (Å²) in [4.78, 5) is 17.0. The quantitative estimate of drug-likeness (QED) is 0.505. The highest BCUT2D eigenvalue weighted by Gasteiger charge is 2.39. The Morgan fingerprint density at radius 3 is 2.76 bits per heavy atom. The number of aromatic nitrogens is 7. The number of fused-ring (bicyclic) bond motifs is 3. The zero-order valence-corrected chi connectivity index (χ0v) is 19.5. The lowest BCUT2D eigenvalue weighted by Crippen LogP contribution is -2.42. The Kier molecular flexibility index (Phi) is 5.66. The summed E-state index contributed by atoms with van der Waals surface area (Å²) in [6, 6.07) is 0.597.